The van der Waals surface area contributed by atoms with Gasteiger partial charge in [-0.05, 0) is 55.0 Å². The number of hydrogen-bond acceptors (Lipinski definition) is 3. The molecule has 0 saturated carbocycles. The van der Waals surface area contributed by atoms with Crippen LogP contribution in [-0.4, -0.2) is 19.5 Å². The van der Waals surface area contributed by atoms with Gasteiger partial charge in [-0.2, -0.15) is 0 Å². The van der Waals surface area contributed by atoms with Crippen LogP contribution in [0.25, 0.3) is 6.08 Å². The zero-order valence-corrected chi connectivity index (χ0v) is 12.2. The van der Waals surface area contributed by atoms with Gasteiger partial charge < -0.3 is 9.47 Å². The molecule has 0 aliphatic rings. The summed E-state index contributed by atoms with van der Waals surface area (Å²) in [5.41, 5.74) is 1.60. The van der Waals surface area contributed by atoms with E-state index in [1.807, 2.05) is 31.2 Å². The lowest BCUT2D eigenvalue weighted by Crippen LogP contribution is -1.95. The van der Waals surface area contributed by atoms with Gasteiger partial charge in [0, 0.05) is 5.56 Å². The number of carbonyl (C=O) groups is 1. The maximum atomic E-state index is 12.1. The Kier molecular flexibility index (Phi) is 5.16. The highest BCUT2D eigenvalue weighted by molar-refractivity contribution is 6.06. The second-order valence-corrected chi connectivity index (χ2v) is 4.43. The maximum absolute atomic E-state index is 12.1. The molecule has 108 valence electrons. The minimum Gasteiger partial charge on any atom is -0.497 e. The third-order valence-electron chi connectivity index (χ3n) is 2.99. The van der Waals surface area contributed by atoms with Crippen molar-refractivity contribution in [1.29, 1.82) is 0 Å². The van der Waals surface area contributed by atoms with Crippen LogP contribution in [0.4, 0.5) is 0 Å². The van der Waals surface area contributed by atoms with Crippen molar-refractivity contribution in [3.63, 3.8) is 0 Å². The van der Waals surface area contributed by atoms with E-state index in [4.69, 9.17) is 9.47 Å². The van der Waals surface area contributed by atoms with Crippen LogP contribution in [0.15, 0.2) is 54.6 Å². The number of allylic oxidation sites excluding steroid dienone is 1. The van der Waals surface area contributed by atoms with Crippen LogP contribution in [0.3, 0.4) is 0 Å². The molecule has 0 unspecified atom stereocenters. The summed E-state index contributed by atoms with van der Waals surface area (Å²) in [7, 11) is 1.63. The third-order valence-corrected chi connectivity index (χ3v) is 2.99. The average Bonchev–Trinajstić information content (AvgIpc) is 2.54. The van der Waals surface area contributed by atoms with Crippen LogP contribution >= 0.6 is 0 Å². The summed E-state index contributed by atoms with van der Waals surface area (Å²) >= 11 is 0. The fourth-order valence-electron chi connectivity index (χ4n) is 1.87. The Morgan fingerprint density at radius 1 is 1.00 bits per heavy atom. The molecule has 0 aliphatic carbocycles. The van der Waals surface area contributed by atoms with Crippen molar-refractivity contribution in [2.75, 3.05) is 13.7 Å². The summed E-state index contributed by atoms with van der Waals surface area (Å²) in [6.07, 6.45) is 3.36. The van der Waals surface area contributed by atoms with Crippen molar-refractivity contribution in [1.82, 2.24) is 0 Å². The van der Waals surface area contributed by atoms with Gasteiger partial charge in [0.05, 0.1) is 13.7 Å². The van der Waals surface area contributed by atoms with Gasteiger partial charge in [0.1, 0.15) is 11.5 Å². The number of benzene rings is 2. The SMILES string of the molecule is CCOc1ccc(C(=O)/C=C/c2ccc(OC)cc2)cc1. The first kappa shape index (κ1) is 14.9. The maximum Gasteiger partial charge on any atom is 0.185 e. The van der Waals surface area contributed by atoms with Gasteiger partial charge in [0.2, 0.25) is 0 Å². The van der Waals surface area contributed by atoms with E-state index >= 15 is 0 Å². The Hall–Kier alpha value is -2.55. The summed E-state index contributed by atoms with van der Waals surface area (Å²) in [6.45, 7) is 2.54. The Labute approximate surface area is 124 Å². The number of methoxy groups -OCH3 is 1. The summed E-state index contributed by atoms with van der Waals surface area (Å²) in [5, 5.41) is 0. The lowest BCUT2D eigenvalue weighted by molar-refractivity contribution is 0.104. The van der Waals surface area contributed by atoms with Crippen LogP contribution in [0.1, 0.15) is 22.8 Å². The molecule has 2 rings (SSSR count). The topological polar surface area (TPSA) is 35.5 Å². The van der Waals surface area contributed by atoms with E-state index in [-0.39, 0.29) is 5.78 Å². The first-order valence-electron chi connectivity index (χ1n) is 6.82. The second-order valence-electron chi connectivity index (χ2n) is 4.43. The molecule has 0 aromatic heterocycles. The Bertz CT molecular complexity index is 610. The zero-order valence-electron chi connectivity index (χ0n) is 12.2. The number of hydrogen-bond donors (Lipinski definition) is 0. The molecule has 0 aliphatic heterocycles. The normalized spacial score (nSPS) is 10.6. The predicted molar refractivity (Wildman–Crippen MR) is 84.0 cm³/mol. The summed E-state index contributed by atoms with van der Waals surface area (Å²) in [6, 6.07) is 14.7. The molecule has 0 bridgehead atoms. The van der Waals surface area contributed by atoms with E-state index in [1.54, 1.807) is 43.5 Å². The van der Waals surface area contributed by atoms with Gasteiger partial charge in [0.25, 0.3) is 0 Å². The number of carbonyl (C=O) groups excluding carboxylic acids is 1. The van der Waals surface area contributed by atoms with Crippen LogP contribution in [0.2, 0.25) is 0 Å². The van der Waals surface area contributed by atoms with Gasteiger partial charge in [-0.3, -0.25) is 4.79 Å². The van der Waals surface area contributed by atoms with Gasteiger partial charge in [-0.25, -0.2) is 0 Å². The van der Waals surface area contributed by atoms with E-state index in [0.717, 1.165) is 17.1 Å². The standard InChI is InChI=1S/C18H18O3/c1-3-21-17-11-7-15(8-12-17)18(19)13-6-14-4-9-16(20-2)10-5-14/h4-13H,3H2,1-2H3/b13-6+. The van der Waals surface area contributed by atoms with Gasteiger partial charge >= 0.3 is 0 Å². The molecule has 0 heterocycles. The van der Waals surface area contributed by atoms with Crippen molar-refractivity contribution in [2.45, 2.75) is 6.92 Å². The predicted octanol–water partition coefficient (Wildman–Crippen LogP) is 3.99. The molecule has 2 aromatic rings. The van der Waals surface area contributed by atoms with Crippen LogP contribution in [0, 0.1) is 0 Å². The molecule has 3 heteroatoms. The smallest absolute Gasteiger partial charge is 0.185 e. The van der Waals surface area contributed by atoms with Gasteiger partial charge in [-0.1, -0.05) is 18.2 Å². The van der Waals surface area contributed by atoms with Gasteiger partial charge in [-0.15, -0.1) is 0 Å². The van der Waals surface area contributed by atoms with Crippen molar-refractivity contribution in [3.05, 3.63) is 65.7 Å². The molecule has 2 aromatic carbocycles. The Balaban J connectivity index is 2.03. The summed E-state index contributed by atoms with van der Waals surface area (Å²) < 4.78 is 10.4. The highest BCUT2D eigenvalue weighted by Crippen LogP contribution is 2.15. The molecule has 0 N–H and O–H groups in total. The van der Waals surface area contributed by atoms with Crippen LogP contribution in [0.5, 0.6) is 11.5 Å². The highest BCUT2D eigenvalue weighted by atomic mass is 16.5. The first-order chi connectivity index (χ1) is 10.2. The summed E-state index contributed by atoms with van der Waals surface area (Å²) in [4.78, 5) is 12.1. The number of rotatable bonds is 6. The van der Waals surface area contributed by atoms with Crippen LogP contribution < -0.4 is 9.47 Å². The minimum atomic E-state index is -0.0335. The largest absolute Gasteiger partial charge is 0.497 e. The lowest BCUT2D eigenvalue weighted by atomic mass is 10.1. The van der Waals surface area contributed by atoms with E-state index in [1.165, 1.54) is 0 Å². The van der Waals surface area contributed by atoms with Crippen molar-refractivity contribution in [3.8, 4) is 11.5 Å². The van der Waals surface area contributed by atoms with E-state index in [0.29, 0.717) is 12.2 Å². The number of ketones is 1. The minimum absolute atomic E-state index is 0.0335. The Morgan fingerprint density at radius 2 is 1.62 bits per heavy atom. The molecule has 0 saturated heterocycles. The van der Waals surface area contributed by atoms with E-state index in [2.05, 4.69) is 0 Å². The number of ether oxygens (including phenoxy) is 2. The molecule has 21 heavy (non-hydrogen) atoms. The second kappa shape index (κ2) is 7.29. The van der Waals surface area contributed by atoms with Gasteiger partial charge in [0.15, 0.2) is 5.78 Å². The van der Waals surface area contributed by atoms with Crippen LogP contribution in [-0.2, 0) is 0 Å². The lowest BCUT2D eigenvalue weighted by Gasteiger charge is -2.03. The van der Waals surface area contributed by atoms with Crippen molar-refractivity contribution in [2.24, 2.45) is 0 Å². The monoisotopic (exact) mass is 282 g/mol. The van der Waals surface area contributed by atoms with Crippen molar-refractivity contribution < 1.29 is 14.3 Å². The quantitative estimate of drug-likeness (QED) is 0.593. The molecule has 0 atom stereocenters. The third kappa shape index (κ3) is 4.21. The fourth-order valence-corrected chi connectivity index (χ4v) is 1.87. The molecule has 0 radical (unpaired) electrons. The van der Waals surface area contributed by atoms with E-state index in [9.17, 15) is 4.79 Å². The first-order valence-corrected chi connectivity index (χ1v) is 6.82. The van der Waals surface area contributed by atoms with Crippen molar-refractivity contribution >= 4 is 11.9 Å². The fraction of sp³-hybridized carbons (Fsp3) is 0.167. The molecule has 0 spiro atoms. The highest BCUT2D eigenvalue weighted by Gasteiger charge is 2.02. The summed E-state index contributed by atoms with van der Waals surface area (Å²) in [5.74, 6) is 1.53. The molecular formula is C18H18O3. The average molecular weight is 282 g/mol. The van der Waals surface area contributed by atoms with E-state index < -0.39 is 0 Å². The molecular weight excluding hydrogens is 264 g/mol. The molecule has 3 nitrogen and oxygen atoms in total. The zero-order chi connectivity index (χ0) is 15.1. The Morgan fingerprint density at radius 3 is 2.19 bits per heavy atom. The molecule has 0 amide bonds. The molecule has 0 fully saturated rings.